The number of methoxy groups -OCH3 is 1. The Morgan fingerprint density at radius 3 is 2.47 bits per heavy atom. The molecule has 2 rings (SSSR count). The zero-order valence-electron chi connectivity index (χ0n) is 11.6. The number of ether oxygens (including phenoxy) is 2. The zero-order valence-corrected chi connectivity index (χ0v) is 11.6. The van der Waals surface area contributed by atoms with E-state index in [9.17, 15) is 4.79 Å². The number of benzene rings is 1. The highest BCUT2D eigenvalue weighted by Crippen LogP contribution is 2.28. The summed E-state index contributed by atoms with van der Waals surface area (Å²) < 4.78 is 11.1. The smallest absolute Gasteiger partial charge is 0.263 e. The van der Waals surface area contributed by atoms with Crippen LogP contribution in [0.15, 0.2) is 24.3 Å². The van der Waals surface area contributed by atoms with Gasteiger partial charge >= 0.3 is 0 Å². The zero-order chi connectivity index (χ0) is 13.7. The molecule has 4 nitrogen and oxygen atoms in total. The molecule has 1 atom stereocenters. The van der Waals surface area contributed by atoms with Crippen molar-refractivity contribution in [1.29, 1.82) is 0 Å². The Morgan fingerprint density at radius 1 is 1.26 bits per heavy atom. The first kappa shape index (κ1) is 13.7. The molecule has 0 aromatic heterocycles. The molecule has 1 aliphatic rings. The van der Waals surface area contributed by atoms with E-state index < -0.39 is 6.10 Å². The van der Waals surface area contributed by atoms with E-state index in [4.69, 9.17) is 9.47 Å². The van der Waals surface area contributed by atoms with Crippen LogP contribution >= 0.6 is 0 Å². The van der Waals surface area contributed by atoms with Gasteiger partial charge in [0.1, 0.15) is 0 Å². The summed E-state index contributed by atoms with van der Waals surface area (Å²) in [4.78, 5) is 14.2. The molecule has 1 aromatic rings. The average Bonchev–Trinajstić information content (AvgIpc) is 2.98. The molecule has 1 amide bonds. The molecule has 0 saturated carbocycles. The molecule has 0 N–H and O–H groups in total. The number of carbonyl (C=O) groups is 1. The molecule has 1 saturated heterocycles. The van der Waals surface area contributed by atoms with Crippen LogP contribution in [-0.4, -0.2) is 37.1 Å². The van der Waals surface area contributed by atoms with Gasteiger partial charge < -0.3 is 14.4 Å². The number of likely N-dealkylation sites (tertiary alicyclic amines) is 1. The van der Waals surface area contributed by atoms with Crippen molar-refractivity contribution >= 4 is 5.91 Å². The van der Waals surface area contributed by atoms with Crippen molar-refractivity contribution < 1.29 is 14.3 Å². The van der Waals surface area contributed by atoms with Crippen LogP contribution in [0.5, 0.6) is 11.5 Å². The van der Waals surface area contributed by atoms with E-state index in [1.165, 1.54) is 0 Å². The number of hydrogen-bond donors (Lipinski definition) is 0. The predicted molar refractivity (Wildman–Crippen MR) is 73.5 cm³/mol. The third-order valence-electron chi connectivity index (χ3n) is 3.40. The third kappa shape index (κ3) is 3.19. The van der Waals surface area contributed by atoms with Crippen LogP contribution in [0.25, 0.3) is 0 Å². The maximum atomic E-state index is 12.3. The largest absolute Gasteiger partial charge is 0.493 e. The van der Waals surface area contributed by atoms with Gasteiger partial charge in [0.25, 0.3) is 5.91 Å². The van der Waals surface area contributed by atoms with Crippen LogP contribution < -0.4 is 9.47 Å². The maximum Gasteiger partial charge on any atom is 0.263 e. The number of para-hydroxylation sites is 2. The minimum Gasteiger partial charge on any atom is -0.493 e. The Balaban J connectivity index is 2.07. The lowest BCUT2D eigenvalue weighted by Gasteiger charge is -2.23. The number of amides is 1. The molecule has 1 unspecified atom stereocenters. The van der Waals surface area contributed by atoms with Gasteiger partial charge in [-0.1, -0.05) is 19.1 Å². The average molecular weight is 263 g/mol. The van der Waals surface area contributed by atoms with Crippen LogP contribution in [0.4, 0.5) is 0 Å². The lowest BCUT2D eigenvalue weighted by Crippen LogP contribution is -2.40. The Labute approximate surface area is 114 Å². The highest BCUT2D eigenvalue weighted by molar-refractivity contribution is 5.81. The topological polar surface area (TPSA) is 38.8 Å². The summed E-state index contributed by atoms with van der Waals surface area (Å²) in [5.41, 5.74) is 0. The summed E-state index contributed by atoms with van der Waals surface area (Å²) in [5, 5.41) is 0. The first-order valence-electron chi connectivity index (χ1n) is 6.84. The summed E-state index contributed by atoms with van der Waals surface area (Å²) >= 11 is 0. The molecule has 104 valence electrons. The van der Waals surface area contributed by atoms with Crippen LogP contribution in [0, 0.1) is 0 Å². The van der Waals surface area contributed by atoms with E-state index in [-0.39, 0.29) is 5.91 Å². The quantitative estimate of drug-likeness (QED) is 0.819. The second kappa shape index (κ2) is 6.45. The van der Waals surface area contributed by atoms with E-state index in [2.05, 4.69) is 0 Å². The van der Waals surface area contributed by atoms with Gasteiger partial charge in [0.15, 0.2) is 17.6 Å². The van der Waals surface area contributed by atoms with Crippen LogP contribution in [0.2, 0.25) is 0 Å². The SMILES string of the molecule is CCC(Oc1ccccc1OC)C(=O)N1CCCC1. The normalized spacial score (nSPS) is 16.2. The van der Waals surface area contributed by atoms with Crippen molar-refractivity contribution in [2.24, 2.45) is 0 Å². The molecule has 0 spiro atoms. The lowest BCUT2D eigenvalue weighted by atomic mass is 10.2. The number of hydrogen-bond acceptors (Lipinski definition) is 3. The predicted octanol–water partition coefficient (Wildman–Crippen LogP) is 2.48. The fraction of sp³-hybridized carbons (Fsp3) is 0.533. The van der Waals surface area contributed by atoms with Crippen LogP contribution in [0.3, 0.4) is 0 Å². The van der Waals surface area contributed by atoms with E-state index in [0.29, 0.717) is 17.9 Å². The number of carbonyl (C=O) groups excluding carboxylic acids is 1. The molecule has 0 radical (unpaired) electrons. The summed E-state index contributed by atoms with van der Waals surface area (Å²) in [6, 6.07) is 7.43. The molecule has 0 aliphatic carbocycles. The van der Waals surface area contributed by atoms with Crippen molar-refractivity contribution in [2.75, 3.05) is 20.2 Å². The first-order valence-corrected chi connectivity index (χ1v) is 6.84. The van der Waals surface area contributed by atoms with Gasteiger partial charge in [-0.2, -0.15) is 0 Å². The van der Waals surface area contributed by atoms with Gasteiger partial charge in [0.05, 0.1) is 7.11 Å². The molecule has 4 heteroatoms. The second-order valence-electron chi connectivity index (χ2n) is 4.70. The fourth-order valence-electron chi connectivity index (χ4n) is 2.32. The summed E-state index contributed by atoms with van der Waals surface area (Å²) in [6.45, 7) is 3.67. The molecule has 19 heavy (non-hydrogen) atoms. The lowest BCUT2D eigenvalue weighted by molar-refractivity contribution is -0.137. The minimum atomic E-state index is -0.422. The number of rotatable bonds is 5. The highest BCUT2D eigenvalue weighted by Gasteiger charge is 2.27. The summed E-state index contributed by atoms with van der Waals surface area (Å²) in [6.07, 6.45) is 2.43. The molecule has 1 heterocycles. The Morgan fingerprint density at radius 2 is 1.89 bits per heavy atom. The Bertz CT molecular complexity index is 427. The van der Waals surface area contributed by atoms with Gasteiger partial charge in [-0.3, -0.25) is 4.79 Å². The van der Waals surface area contributed by atoms with E-state index in [0.717, 1.165) is 25.9 Å². The Hall–Kier alpha value is -1.71. The van der Waals surface area contributed by atoms with Crippen molar-refractivity contribution in [3.05, 3.63) is 24.3 Å². The van der Waals surface area contributed by atoms with Crippen molar-refractivity contribution in [3.63, 3.8) is 0 Å². The standard InChI is InChI=1S/C15H21NO3/c1-3-12(15(17)16-10-6-7-11-16)19-14-9-5-4-8-13(14)18-2/h4-5,8-9,12H,3,6-7,10-11H2,1-2H3. The molecular formula is C15H21NO3. The number of nitrogens with zero attached hydrogens (tertiary/aromatic N) is 1. The molecule has 1 fully saturated rings. The monoisotopic (exact) mass is 263 g/mol. The second-order valence-corrected chi connectivity index (χ2v) is 4.70. The molecule has 0 bridgehead atoms. The van der Waals surface area contributed by atoms with Crippen molar-refractivity contribution in [3.8, 4) is 11.5 Å². The van der Waals surface area contributed by atoms with Crippen molar-refractivity contribution in [2.45, 2.75) is 32.3 Å². The Kier molecular flexibility index (Phi) is 4.66. The van der Waals surface area contributed by atoms with Crippen molar-refractivity contribution in [1.82, 2.24) is 4.90 Å². The van der Waals surface area contributed by atoms with Gasteiger partial charge in [-0.25, -0.2) is 0 Å². The van der Waals surface area contributed by atoms with Crippen LogP contribution in [-0.2, 0) is 4.79 Å². The van der Waals surface area contributed by atoms with Gasteiger partial charge in [0.2, 0.25) is 0 Å². The minimum absolute atomic E-state index is 0.0888. The van der Waals surface area contributed by atoms with Gasteiger partial charge in [0, 0.05) is 13.1 Å². The summed E-state index contributed by atoms with van der Waals surface area (Å²) in [7, 11) is 1.60. The van der Waals surface area contributed by atoms with E-state index >= 15 is 0 Å². The van der Waals surface area contributed by atoms with Gasteiger partial charge in [-0.15, -0.1) is 0 Å². The molecular weight excluding hydrogens is 242 g/mol. The van der Waals surface area contributed by atoms with E-state index in [1.54, 1.807) is 7.11 Å². The highest BCUT2D eigenvalue weighted by atomic mass is 16.5. The maximum absolute atomic E-state index is 12.3. The van der Waals surface area contributed by atoms with E-state index in [1.807, 2.05) is 36.1 Å². The summed E-state index contributed by atoms with van der Waals surface area (Å²) in [5.74, 6) is 1.38. The van der Waals surface area contributed by atoms with Crippen LogP contribution in [0.1, 0.15) is 26.2 Å². The fourth-order valence-corrected chi connectivity index (χ4v) is 2.32. The third-order valence-corrected chi connectivity index (χ3v) is 3.40. The first-order chi connectivity index (χ1) is 9.26. The molecule has 1 aliphatic heterocycles. The van der Waals surface area contributed by atoms with Gasteiger partial charge in [-0.05, 0) is 31.4 Å². The molecule has 1 aromatic carbocycles.